The van der Waals surface area contributed by atoms with Crippen LogP contribution in [0.1, 0.15) is 40.5 Å². The second-order valence-corrected chi connectivity index (χ2v) is 8.15. The van der Waals surface area contributed by atoms with Gasteiger partial charge in [-0.1, -0.05) is 6.07 Å². The minimum Gasteiger partial charge on any atom is -0.495 e. The van der Waals surface area contributed by atoms with E-state index in [1.807, 2.05) is 6.07 Å². The maximum atomic E-state index is 13.3. The van der Waals surface area contributed by atoms with Crippen molar-refractivity contribution >= 4 is 22.5 Å². The number of pyridine rings is 1. The van der Waals surface area contributed by atoms with E-state index < -0.39 is 0 Å². The molecule has 1 fully saturated rings. The molecule has 4 heterocycles. The van der Waals surface area contributed by atoms with Crippen LogP contribution in [0.2, 0.25) is 0 Å². The van der Waals surface area contributed by atoms with E-state index >= 15 is 0 Å². The molecule has 0 saturated carbocycles. The van der Waals surface area contributed by atoms with E-state index in [-0.39, 0.29) is 28.4 Å². The number of para-hydroxylation sites is 1. The minimum atomic E-state index is -0.318. The molecule has 2 N–H and O–H groups in total. The molecule has 1 atom stereocenters. The molecule has 1 aliphatic rings. The Morgan fingerprint density at radius 1 is 1.25 bits per heavy atom. The van der Waals surface area contributed by atoms with E-state index in [1.165, 1.54) is 23.9 Å². The number of carbonyl (C=O) groups is 1. The Balaban J connectivity index is 1.45. The van der Waals surface area contributed by atoms with Crippen molar-refractivity contribution in [1.82, 2.24) is 24.5 Å². The first-order valence-electron chi connectivity index (χ1n) is 10.5. The number of ether oxygens (including phenoxy) is 1. The molecule has 9 heteroatoms. The zero-order chi connectivity index (χ0) is 22.4. The highest BCUT2D eigenvalue weighted by atomic mass is 16.5. The number of benzene rings is 1. The summed E-state index contributed by atoms with van der Waals surface area (Å²) in [5.74, 6) is 0.270. The summed E-state index contributed by atoms with van der Waals surface area (Å²) in [5, 5.41) is 3.55. The molecule has 3 aromatic heterocycles. The largest absolute Gasteiger partial charge is 0.495 e. The third-order valence-electron chi connectivity index (χ3n) is 6.07. The molecule has 9 nitrogen and oxygen atoms in total. The van der Waals surface area contributed by atoms with Crippen LogP contribution in [0, 0.1) is 6.92 Å². The molecule has 0 aliphatic carbocycles. The van der Waals surface area contributed by atoms with Crippen LogP contribution in [-0.2, 0) is 0 Å². The van der Waals surface area contributed by atoms with Crippen molar-refractivity contribution in [1.29, 1.82) is 0 Å². The van der Waals surface area contributed by atoms with Gasteiger partial charge in [0.25, 0.3) is 11.5 Å². The average Bonchev–Trinajstić information content (AvgIpc) is 3.23. The molecular formula is C23H23N5O4. The van der Waals surface area contributed by atoms with E-state index in [0.717, 1.165) is 18.5 Å². The molecule has 4 aromatic rings. The third-order valence-corrected chi connectivity index (χ3v) is 6.07. The number of hydrogen-bond acceptors (Lipinski definition) is 5. The molecule has 1 aromatic carbocycles. The number of hydrogen-bond donors (Lipinski definition) is 2. The molecule has 0 spiro atoms. The Kier molecular flexibility index (Phi) is 4.80. The third kappa shape index (κ3) is 3.26. The van der Waals surface area contributed by atoms with Gasteiger partial charge in [-0.3, -0.25) is 19.5 Å². The van der Waals surface area contributed by atoms with Crippen molar-refractivity contribution in [2.45, 2.75) is 25.7 Å². The normalized spacial score (nSPS) is 16.6. The fourth-order valence-electron chi connectivity index (χ4n) is 4.48. The van der Waals surface area contributed by atoms with E-state index in [0.29, 0.717) is 41.1 Å². The van der Waals surface area contributed by atoms with Gasteiger partial charge in [-0.25, -0.2) is 9.50 Å². The van der Waals surface area contributed by atoms with Gasteiger partial charge in [0.2, 0.25) is 5.43 Å². The second kappa shape index (κ2) is 7.67. The number of aromatic amines is 2. The lowest BCUT2D eigenvalue weighted by molar-refractivity contribution is 0.0704. The van der Waals surface area contributed by atoms with Crippen molar-refractivity contribution in [3.63, 3.8) is 0 Å². The zero-order valence-electron chi connectivity index (χ0n) is 17.8. The monoisotopic (exact) mass is 433 g/mol. The number of aryl methyl sites for hydroxylation is 1. The molecule has 1 aliphatic heterocycles. The average molecular weight is 433 g/mol. The standard InChI is InChI=1S/C23H23N5O4/c1-13-9-20(29)28-19(25-13)10-17(26-28)14-5-4-8-27(12-14)23(31)16-11-24-21-15(22(16)30)6-3-7-18(21)32-2/h3,6-7,9-11,14,26H,4-5,8,12H2,1-2H3,(H,24,30). The predicted octanol–water partition coefficient (Wildman–Crippen LogP) is 2.20. The first-order valence-corrected chi connectivity index (χ1v) is 10.5. The Morgan fingerprint density at radius 3 is 2.91 bits per heavy atom. The van der Waals surface area contributed by atoms with E-state index in [9.17, 15) is 14.4 Å². The molecule has 32 heavy (non-hydrogen) atoms. The summed E-state index contributed by atoms with van der Waals surface area (Å²) in [7, 11) is 1.54. The molecule has 0 radical (unpaired) electrons. The molecule has 1 unspecified atom stereocenters. The van der Waals surface area contributed by atoms with Gasteiger partial charge in [-0.05, 0) is 31.9 Å². The molecule has 5 rings (SSSR count). The van der Waals surface area contributed by atoms with Crippen LogP contribution in [0.25, 0.3) is 16.6 Å². The first kappa shape index (κ1) is 20.0. The lowest BCUT2D eigenvalue weighted by Gasteiger charge is -2.32. The Hall–Kier alpha value is -3.88. The van der Waals surface area contributed by atoms with Gasteiger partial charge < -0.3 is 14.6 Å². The number of amides is 1. The number of aromatic nitrogens is 4. The van der Waals surface area contributed by atoms with E-state index in [4.69, 9.17) is 4.74 Å². The van der Waals surface area contributed by atoms with E-state index in [2.05, 4.69) is 15.1 Å². The van der Waals surface area contributed by atoms with Crippen LogP contribution in [-0.4, -0.2) is 50.6 Å². The highest BCUT2D eigenvalue weighted by Gasteiger charge is 2.28. The number of carbonyl (C=O) groups excluding carboxylic acids is 1. The maximum absolute atomic E-state index is 13.3. The number of H-pyrrole nitrogens is 2. The topological polar surface area (TPSA) is 113 Å². The van der Waals surface area contributed by atoms with Crippen LogP contribution in [0.4, 0.5) is 0 Å². The highest BCUT2D eigenvalue weighted by Crippen LogP contribution is 2.27. The van der Waals surface area contributed by atoms with Gasteiger partial charge >= 0.3 is 0 Å². The van der Waals surface area contributed by atoms with Gasteiger partial charge in [-0.2, -0.15) is 0 Å². The number of nitrogens with one attached hydrogen (secondary N) is 2. The van der Waals surface area contributed by atoms with Crippen LogP contribution >= 0.6 is 0 Å². The first-order chi connectivity index (χ1) is 15.5. The molecule has 164 valence electrons. The van der Waals surface area contributed by atoms with Crippen molar-refractivity contribution in [3.05, 3.63) is 74.1 Å². The quantitative estimate of drug-likeness (QED) is 0.514. The minimum absolute atomic E-state index is 0.0220. The van der Waals surface area contributed by atoms with Crippen molar-refractivity contribution in [3.8, 4) is 5.75 Å². The van der Waals surface area contributed by atoms with Gasteiger partial charge in [0.1, 0.15) is 11.3 Å². The number of fused-ring (bicyclic) bond motifs is 2. The van der Waals surface area contributed by atoms with Crippen LogP contribution in [0.5, 0.6) is 5.75 Å². The maximum Gasteiger partial charge on any atom is 0.272 e. The fourth-order valence-corrected chi connectivity index (χ4v) is 4.48. The van der Waals surface area contributed by atoms with Gasteiger partial charge in [0, 0.05) is 48.7 Å². The van der Waals surface area contributed by atoms with Crippen LogP contribution < -0.4 is 15.7 Å². The van der Waals surface area contributed by atoms with Gasteiger partial charge in [0.05, 0.1) is 18.0 Å². The second-order valence-electron chi connectivity index (χ2n) is 8.15. The number of methoxy groups -OCH3 is 1. The Morgan fingerprint density at radius 2 is 2.09 bits per heavy atom. The summed E-state index contributed by atoms with van der Waals surface area (Å²) >= 11 is 0. The molecular weight excluding hydrogens is 410 g/mol. The van der Waals surface area contributed by atoms with Crippen molar-refractivity contribution < 1.29 is 9.53 Å². The summed E-state index contributed by atoms with van der Waals surface area (Å²) in [6.07, 6.45) is 3.14. The molecule has 0 bridgehead atoms. The lowest BCUT2D eigenvalue weighted by atomic mass is 9.94. The van der Waals surface area contributed by atoms with Crippen molar-refractivity contribution in [2.24, 2.45) is 0 Å². The molecule has 1 amide bonds. The Labute approximate surface area is 182 Å². The summed E-state index contributed by atoms with van der Waals surface area (Å²) in [6.45, 7) is 2.81. The molecule has 1 saturated heterocycles. The number of rotatable bonds is 3. The lowest BCUT2D eigenvalue weighted by Crippen LogP contribution is -2.41. The van der Waals surface area contributed by atoms with Crippen LogP contribution in [0.3, 0.4) is 0 Å². The number of likely N-dealkylation sites (tertiary alicyclic amines) is 1. The number of nitrogens with zero attached hydrogens (tertiary/aromatic N) is 3. The van der Waals surface area contributed by atoms with Crippen molar-refractivity contribution in [2.75, 3.05) is 20.2 Å². The predicted molar refractivity (Wildman–Crippen MR) is 120 cm³/mol. The highest BCUT2D eigenvalue weighted by molar-refractivity contribution is 5.98. The van der Waals surface area contributed by atoms with Crippen LogP contribution in [0.15, 0.2) is 46.1 Å². The zero-order valence-corrected chi connectivity index (χ0v) is 17.8. The number of piperidine rings is 1. The van der Waals surface area contributed by atoms with Gasteiger partial charge in [-0.15, -0.1) is 0 Å². The fraction of sp³-hybridized carbons (Fsp3) is 0.304. The van der Waals surface area contributed by atoms with Gasteiger partial charge in [0.15, 0.2) is 5.65 Å². The Bertz CT molecular complexity index is 1470. The summed E-state index contributed by atoms with van der Waals surface area (Å²) in [6, 6.07) is 8.52. The SMILES string of the molecule is COc1cccc2c(=O)c(C(=O)N3CCCC(c4cc5nc(C)cc(=O)n5[nH]4)C3)c[nH]c12. The summed E-state index contributed by atoms with van der Waals surface area (Å²) < 4.78 is 6.73. The van der Waals surface area contributed by atoms with E-state index in [1.54, 1.807) is 30.0 Å². The summed E-state index contributed by atoms with van der Waals surface area (Å²) in [4.78, 5) is 47.7. The summed E-state index contributed by atoms with van der Waals surface area (Å²) in [5.41, 5.74) is 2.27. The smallest absolute Gasteiger partial charge is 0.272 e.